The molecule has 2 rings (SSSR count). The predicted molar refractivity (Wildman–Crippen MR) is 55.5 cm³/mol. The third-order valence-corrected chi connectivity index (χ3v) is 3.82. The van der Waals surface area contributed by atoms with Gasteiger partial charge in [0.05, 0.1) is 0 Å². The van der Waals surface area contributed by atoms with E-state index in [1.54, 1.807) is 0 Å². The maximum atomic E-state index is 5.82. The molecule has 1 aliphatic heterocycles. The van der Waals surface area contributed by atoms with Crippen LogP contribution in [-0.4, -0.2) is 29.1 Å². The van der Waals surface area contributed by atoms with Crippen LogP contribution >= 0.6 is 0 Å². The van der Waals surface area contributed by atoms with Crippen LogP contribution in [0.1, 0.15) is 34.1 Å². The molecule has 0 aromatic heterocycles. The van der Waals surface area contributed by atoms with Crippen LogP contribution in [0.4, 0.5) is 0 Å². The first kappa shape index (κ1) is 9.47. The molecule has 2 fully saturated rings. The molecule has 76 valence electrons. The molecule has 4 atom stereocenters. The lowest BCUT2D eigenvalue weighted by molar-refractivity contribution is 0.0888. The van der Waals surface area contributed by atoms with Crippen molar-refractivity contribution in [2.24, 2.45) is 17.6 Å². The van der Waals surface area contributed by atoms with Crippen LogP contribution in [0.2, 0.25) is 0 Å². The second kappa shape index (κ2) is 2.71. The highest BCUT2D eigenvalue weighted by molar-refractivity contribution is 5.12. The van der Waals surface area contributed by atoms with E-state index in [0.29, 0.717) is 11.6 Å². The Balaban J connectivity index is 2.15. The van der Waals surface area contributed by atoms with Crippen LogP contribution in [0.5, 0.6) is 0 Å². The molecule has 13 heavy (non-hydrogen) atoms. The van der Waals surface area contributed by atoms with Crippen LogP contribution in [0.25, 0.3) is 0 Å². The van der Waals surface area contributed by atoms with Crippen molar-refractivity contribution in [1.29, 1.82) is 0 Å². The molecule has 2 nitrogen and oxygen atoms in total. The molecule has 1 heterocycles. The SMILES string of the molecule is C[C@@H]1C(CN)[C@H]2C[C@H]2N1C(C)(C)C. The van der Waals surface area contributed by atoms with Crippen LogP contribution < -0.4 is 5.73 Å². The summed E-state index contributed by atoms with van der Waals surface area (Å²) in [5, 5.41) is 0. The Labute approximate surface area is 81.5 Å². The zero-order chi connectivity index (χ0) is 9.80. The Morgan fingerprint density at radius 2 is 2.00 bits per heavy atom. The minimum atomic E-state index is 0.322. The van der Waals surface area contributed by atoms with Gasteiger partial charge >= 0.3 is 0 Å². The van der Waals surface area contributed by atoms with Crippen molar-refractivity contribution >= 4 is 0 Å². The standard InChI is InChI=1S/C11H22N2/c1-7-9(6-12)8-5-10(8)13(7)11(2,3)4/h7-10H,5-6,12H2,1-4H3/t7-,8-,9?,10-/m1/s1. The summed E-state index contributed by atoms with van der Waals surface area (Å²) >= 11 is 0. The largest absolute Gasteiger partial charge is 0.330 e. The first-order chi connectivity index (χ1) is 5.96. The zero-order valence-electron chi connectivity index (χ0n) is 9.25. The number of likely N-dealkylation sites (tertiary alicyclic amines) is 1. The molecule has 1 aliphatic carbocycles. The van der Waals surface area contributed by atoms with Gasteiger partial charge in [-0.3, -0.25) is 4.90 Å². The predicted octanol–water partition coefficient (Wildman–Crippen LogP) is 1.45. The lowest BCUT2D eigenvalue weighted by Gasteiger charge is -2.39. The van der Waals surface area contributed by atoms with Crippen molar-refractivity contribution in [1.82, 2.24) is 4.90 Å². The first-order valence-electron chi connectivity index (χ1n) is 5.45. The maximum Gasteiger partial charge on any atom is 0.0139 e. The molecule has 0 aromatic carbocycles. The van der Waals surface area contributed by atoms with Crippen molar-refractivity contribution in [3.05, 3.63) is 0 Å². The molecule has 0 amide bonds. The Morgan fingerprint density at radius 1 is 1.38 bits per heavy atom. The van der Waals surface area contributed by atoms with Gasteiger partial charge in [0.2, 0.25) is 0 Å². The molecule has 2 N–H and O–H groups in total. The summed E-state index contributed by atoms with van der Waals surface area (Å²) in [5.74, 6) is 1.67. The molecule has 1 unspecified atom stereocenters. The normalized spacial score (nSPS) is 45.0. The van der Waals surface area contributed by atoms with E-state index < -0.39 is 0 Å². The molecular weight excluding hydrogens is 160 g/mol. The van der Waals surface area contributed by atoms with E-state index in [4.69, 9.17) is 5.73 Å². The first-order valence-corrected chi connectivity index (χ1v) is 5.45. The summed E-state index contributed by atoms with van der Waals surface area (Å²) in [7, 11) is 0. The van der Waals surface area contributed by atoms with Crippen LogP contribution in [0, 0.1) is 11.8 Å². The van der Waals surface area contributed by atoms with E-state index in [1.165, 1.54) is 6.42 Å². The van der Waals surface area contributed by atoms with E-state index in [0.717, 1.165) is 24.4 Å². The Bertz CT molecular complexity index is 207. The van der Waals surface area contributed by atoms with E-state index in [2.05, 4.69) is 32.6 Å². The molecule has 2 aliphatic rings. The van der Waals surface area contributed by atoms with Crippen molar-refractivity contribution in [3.8, 4) is 0 Å². The van der Waals surface area contributed by atoms with Crippen molar-refractivity contribution < 1.29 is 0 Å². The second-order valence-electron chi connectivity index (χ2n) is 5.69. The van der Waals surface area contributed by atoms with Gasteiger partial charge in [0.15, 0.2) is 0 Å². The number of rotatable bonds is 1. The van der Waals surface area contributed by atoms with Crippen LogP contribution in [0.3, 0.4) is 0 Å². The molecule has 0 aromatic rings. The van der Waals surface area contributed by atoms with E-state index in [-0.39, 0.29) is 0 Å². The van der Waals surface area contributed by atoms with Gasteiger partial charge in [-0.25, -0.2) is 0 Å². The minimum Gasteiger partial charge on any atom is -0.330 e. The van der Waals surface area contributed by atoms with Crippen molar-refractivity contribution in [2.45, 2.75) is 51.7 Å². The molecule has 0 spiro atoms. The highest BCUT2D eigenvalue weighted by Crippen LogP contribution is 2.53. The van der Waals surface area contributed by atoms with Gasteiger partial charge in [-0.05, 0) is 52.5 Å². The topological polar surface area (TPSA) is 29.3 Å². The van der Waals surface area contributed by atoms with Crippen molar-refractivity contribution in [2.75, 3.05) is 6.54 Å². The van der Waals surface area contributed by atoms with Gasteiger partial charge in [0.1, 0.15) is 0 Å². The third-order valence-electron chi connectivity index (χ3n) is 3.82. The van der Waals surface area contributed by atoms with E-state index in [9.17, 15) is 0 Å². The number of hydrogen-bond acceptors (Lipinski definition) is 2. The van der Waals surface area contributed by atoms with Crippen LogP contribution in [0.15, 0.2) is 0 Å². The Kier molecular flexibility index (Phi) is 1.97. The smallest absolute Gasteiger partial charge is 0.0139 e. The molecule has 1 saturated heterocycles. The lowest BCUT2D eigenvalue weighted by atomic mass is 9.95. The second-order valence-corrected chi connectivity index (χ2v) is 5.69. The van der Waals surface area contributed by atoms with Gasteiger partial charge in [0, 0.05) is 17.6 Å². The minimum absolute atomic E-state index is 0.322. The summed E-state index contributed by atoms with van der Waals surface area (Å²) in [6.07, 6.45) is 1.39. The Hall–Kier alpha value is -0.0800. The quantitative estimate of drug-likeness (QED) is 0.665. The summed E-state index contributed by atoms with van der Waals surface area (Å²) in [6, 6.07) is 1.54. The number of piperidine rings is 1. The Morgan fingerprint density at radius 3 is 2.31 bits per heavy atom. The molecule has 0 radical (unpaired) electrons. The fourth-order valence-electron chi connectivity index (χ4n) is 3.33. The summed E-state index contributed by atoms with van der Waals surface area (Å²) in [5.41, 5.74) is 6.14. The third kappa shape index (κ3) is 1.31. The fourth-order valence-corrected chi connectivity index (χ4v) is 3.33. The highest BCUT2D eigenvalue weighted by Gasteiger charge is 2.58. The van der Waals surface area contributed by atoms with Gasteiger partial charge in [0.25, 0.3) is 0 Å². The van der Waals surface area contributed by atoms with Gasteiger partial charge in [-0.2, -0.15) is 0 Å². The number of fused-ring (bicyclic) bond motifs is 1. The van der Waals surface area contributed by atoms with Gasteiger partial charge in [-0.15, -0.1) is 0 Å². The molecular formula is C11H22N2. The monoisotopic (exact) mass is 182 g/mol. The maximum absolute atomic E-state index is 5.82. The summed E-state index contributed by atoms with van der Waals surface area (Å²) in [4.78, 5) is 2.68. The molecule has 0 bridgehead atoms. The average Bonchev–Trinajstić information content (AvgIpc) is 2.63. The number of hydrogen-bond donors (Lipinski definition) is 1. The van der Waals surface area contributed by atoms with E-state index in [1.807, 2.05) is 0 Å². The van der Waals surface area contributed by atoms with Crippen LogP contribution in [-0.2, 0) is 0 Å². The zero-order valence-corrected chi connectivity index (χ0v) is 9.25. The highest BCUT2D eigenvalue weighted by atomic mass is 15.3. The van der Waals surface area contributed by atoms with Gasteiger partial charge in [-0.1, -0.05) is 0 Å². The summed E-state index contributed by atoms with van der Waals surface area (Å²) in [6.45, 7) is 10.2. The van der Waals surface area contributed by atoms with Crippen molar-refractivity contribution in [3.63, 3.8) is 0 Å². The number of nitrogens with two attached hydrogens (primary N) is 1. The lowest BCUT2D eigenvalue weighted by Crippen LogP contribution is -2.48. The summed E-state index contributed by atoms with van der Waals surface area (Å²) < 4.78 is 0. The fraction of sp³-hybridized carbons (Fsp3) is 1.00. The van der Waals surface area contributed by atoms with Gasteiger partial charge < -0.3 is 5.73 Å². The average molecular weight is 182 g/mol. The van der Waals surface area contributed by atoms with E-state index >= 15 is 0 Å². The molecule has 1 saturated carbocycles. The molecule has 2 heteroatoms. The number of nitrogens with zero attached hydrogens (tertiary/aromatic N) is 1.